The van der Waals surface area contributed by atoms with Gasteiger partial charge in [-0.3, -0.25) is 14.5 Å². The molecule has 4 rings (SSSR count). The van der Waals surface area contributed by atoms with Gasteiger partial charge in [0.05, 0.1) is 15.2 Å². The van der Waals surface area contributed by atoms with Gasteiger partial charge in [0.15, 0.2) is 0 Å². The van der Waals surface area contributed by atoms with Gasteiger partial charge < -0.3 is 5.32 Å². The molecule has 0 unspecified atom stereocenters. The molecule has 1 aromatic heterocycles. The average Bonchev–Trinajstić information content (AvgIpc) is 3.07. The van der Waals surface area contributed by atoms with E-state index in [4.69, 9.17) is 0 Å². The number of aromatic nitrogens is 1. The van der Waals surface area contributed by atoms with Crippen LogP contribution in [-0.2, 0) is 4.79 Å². The fraction of sp³-hybridized carbons (Fsp3) is 0.105. The van der Waals surface area contributed by atoms with Gasteiger partial charge in [0, 0.05) is 22.5 Å². The van der Waals surface area contributed by atoms with Gasteiger partial charge in [0.1, 0.15) is 6.54 Å². The second-order valence-corrected chi connectivity index (χ2v) is 7.08. The molecule has 0 bridgehead atoms. The van der Waals surface area contributed by atoms with Crippen molar-refractivity contribution in [2.75, 3.05) is 11.9 Å². The quantitative estimate of drug-likeness (QED) is 0.785. The zero-order valence-corrected chi connectivity index (χ0v) is 14.4. The van der Waals surface area contributed by atoms with Crippen molar-refractivity contribution in [2.45, 2.75) is 6.92 Å². The highest BCUT2D eigenvalue weighted by atomic mass is 32.1. The summed E-state index contributed by atoms with van der Waals surface area (Å²) in [6, 6.07) is 12.8. The Hall–Kier alpha value is -2.99. The molecule has 124 valence electrons. The Balaban J connectivity index is 1.50. The summed E-state index contributed by atoms with van der Waals surface area (Å²) in [5.74, 6) is -0.452. The van der Waals surface area contributed by atoms with Crippen LogP contribution in [0.4, 0.5) is 5.69 Å². The molecule has 5 nitrogen and oxygen atoms in total. The van der Waals surface area contributed by atoms with Crippen LogP contribution in [0.5, 0.6) is 0 Å². The number of fused-ring (bicyclic) bond motifs is 2. The second-order valence-electron chi connectivity index (χ2n) is 5.85. The van der Waals surface area contributed by atoms with E-state index in [1.165, 1.54) is 4.90 Å². The van der Waals surface area contributed by atoms with Gasteiger partial charge in [-0.15, -0.1) is 11.3 Å². The van der Waals surface area contributed by atoms with Crippen LogP contribution in [0.15, 0.2) is 49.0 Å². The Morgan fingerprint density at radius 1 is 1.24 bits per heavy atom. The van der Waals surface area contributed by atoms with Crippen LogP contribution in [0.3, 0.4) is 0 Å². The molecule has 1 N–H and O–H groups in total. The van der Waals surface area contributed by atoms with Gasteiger partial charge in [-0.25, -0.2) is 4.98 Å². The Bertz CT molecular complexity index is 1000. The summed E-state index contributed by atoms with van der Waals surface area (Å²) < 4.78 is 1.02. The van der Waals surface area contributed by atoms with Crippen LogP contribution < -0.4 is 5.32 Å². The summed E-state index contributed by atoms with van der Waals surface area (Å²) in [6.45, 7) is 5.84. The van der Waals surface area contributed by atoms with E-state index in [0.717, 1.165) is 20.8 Å². The van der Waals surface area contributed by atoms with Crippen LogP contribution in [0, 0.1) is 6.92 Å². The smallest absolute Gasteiger partial charge is 0.259 e. The molecule has 25 heavy (non-hydrogen) atoms. The highest BCUT2D eigenvalue weighted by Crippen LogP contribution is 2.31. The third-order valence-electron chi connectivity index (χ3n) is 4.12. The topological polar surface area (TPSA) is 62.3 Å². The Morgan fingerprint density at radius 3 is 2.76 bits per heavy atom. The number of nitrogens with zero attached hydrogens (tertiary/aromatic N) is 2. The lowest BCUT2D eigenvalue weighted by Gasteiger charge is -2.17. The number of rotatable bonds is 3. The molecule has 1 aliphatic heterocycles. The number of benzene rings is 2. The third-order valence-corrected chi connectivity index (χ3v) is 5.05. The van der Waals surface area contributed by atoms with Crippen molar-refractivity contribution >= 4 is 44.8 Å². The summed E-state index contributed by atoms with van der Waals surface area (Å²) >= 11 is 1.58. The molecule has 0 spiro atoms. The molecule has 6 heteroatoms. The minimum atomic E-state index is -0.261. The molecule has 0 atom stereocenters. The number of aryl methyl sites for hydroxylation is 1. The number of amides is 2. The number of anilines is 1. The maximum Gasteiger partial charge on any atom is 0.259 e. The van der Waals surface area contributed by atoms with Crippen molar-refractivity contribution in [3.05, 3.63) is 65.2 Å². The largest absolute Gasteiger partial charge is 0.324 e. The number of nitrogens with one attached hydrogen (secondary N) is 1. The molecule has 2 amide bonds. The molecular formula is C19H15N3O2S. The summed E-state index contributed by atoms with van der Waals surface area (Å²) in [4.78, 5) is 30.7. The first-order valence-corrected chi connectivity index (χ1v) is 8.62. The van der Waals surface area contributed by atoms with Crippen LogP contribution >= 0.6 is 11.3 Å². The van der Waals surface area contributed by atoms with E-state index >= 15 is 0 Å². The number of thiazole rings is 1. The van der Waals surface area contributed by atoms with Crippen LogP contribution in [0.2, 0.25) is 0 Å². The maximum absolute atomic E-state index is 12.5. The standard InChI is InChI=1S/C19H15N3O2S/c1-11-14-5-3-4-6-15(14)19(24)22(11)10-18(23)21-13-7-8-16-17(9-13)25-12(2)20-16/h3-9H,1,10H2,2H3,(H,21,23). The molecule has 0 saturated carbocycles. The minimum Gasteiger partial charge on any atom is -0.324 e. The third kappa shape index (κ3) is 2.70. The molecule has 3 aromatic rings. The van der Waals surface area contributed by atoms with Gasteiger partial charge in [0.25, 0.3) is 5.91 Å². The van der Waals surface area contributed by atoms with Gasteiger partial charge in [-0.1, -0.05) is 24.8 Å². The highest BCUT2D eigenvalue weighted by Gasteiger charge is 2.31. The van der Waals surface area contributed by atoms with Crippen LogP contribution in [-0.4, -0.2) is 28.2 Å². The fourth-order valence-corrected chi connectivity index (χ4v) is 3.83. The minimum absolute atomic E-state index is 0.0634. The van der Waals surface area contributed by atoms with E-state index < -0.39 is 0 Å². The normalized spacial score (nSPS) is 13.4. The van der Waals surface area contributed by atoms with Crippen molar-refractivity contribution in [3.63, 3.8) is 0 Å². The van der Waals surface area contributed by atoms with E-state index in [-0.39, 0.29) is 18.4 Å². The molecule has 0 aliphatic carbocycles. The average molecular weight is 349 g/mol. The first kappa shape index (κ1) is 15.5. The number of hydrogen-bond donors (Lipinski definition) is 1. The zero-order chi connectivity index (χ0) is 17.6. The molecule has 0 saturated heterocycles. The summed E-state index contributed by atoms with van der Waals surface area (Å²) in [6.07, 6.45) is 0. The molecule has 2 heterocycles. The van der Waals surface area contributed by atoms with Gasteiger partial charge in [-0.2, -0.15) is 0 Å². The SMILES string of the molecule is C=C1c2ccccc2C(=O)N1CC(=O)Nc1ccc2nc(C)sc2c1. The second kappa shape index (κ2) is 5.82. The van der Waals surface area contributed by atoms with Crippen molar-refractivity contribution in [2.24, 2.45) is 0 Å². The van der Waals surface area contributed by atoms with Crippen molar-refractivity contribution in [3.8, 4) is 0 Å². The monoisotopic (exact) mass is 349 g/mol. The van der Waals surface area contributed by atoms with Crippen molar-refractivity contribution in [1.29, 1.82) is 0 Å². The van der Waals surface area contributed by atoms with E-state index in [0.29, 0.717) is 16.9 Å². The zero-order valence-electron chi connectivity index (χ0n) is 13.6. The van der Waals surface area contributed by atoms with Gasteiger partial charge in [0.2, 0.25) is 5.91 Å². The maximum atomic E-state index is 12.5. The lowest BCUT2D eigenvalue weighted by Crippen LogP contribution is -2.32. The fourth-order valence-electron chi connectivity index (χ4n) is 2.96. The van der Waals surface area contributed by atoms with Crippen molar-refractivity contribution in [1.82, 2.24) is 9.88 Å². The lowest BCUT2D eigenvalue weighted by atomic mass is 10.1. The first-order valence-electron chi connectivity index (χ1n) is 7.80. The Labute approximate surface area is 148 Å². The van der Waals surface area contributed by atoms with Crippen molar-refractivity contribution < 1.29 is 9.59 Å². The number of carbonyl (C=O) groups is 2. The highest BCUT2D eigenvalue weighted by molar-refractivity contribution is 7.18. The molecule has 0 fully saturated rings. The number of carbonyl (C=O) groups excluding carboxylic acids is 2. The van der Waals surface area contributed by atoms with E-state index in [9.17, 15) is 9.59 Å². The Kier molecular flexibility index (Phi) is 3.62. The first-order chi connectivity index (χ1) is 12.0. The van der Waals surface area contributed by atoms with E-state index in [1.54, 1.807) is 23.5 Å². The van der Waals surface area contributed by atoms with Gasteiger partial charge in [-0.05, 0) is 31.2 Å². The number of hydrogen-bond acceptors (Lipinski definition) is 4. The molecule has 1 aliphatic rings. The summed E-state index contributed by atoms with van der Waals surface area (Å²) in [5, 5.41) is 3.82. The molecule has 0 radical (unpaired) electrons. The van der Waals surface area contributed by atoms with Gasteiger partial charge >= 0.3 is 0 Å². The van der Waals surface area contributed by atoms with E-state index in [2.05, 4.69) is 16.9 Å². The molecule has 2 aromatic carbocycles. The molecular weight excluding hydrogens is 334 g/mol. The predicted molar refractivity (Wildman–Crippen MR) is 99.5 cm³/mol. The summed E-state index contributed by atoms with van der Waals surface area (Å²) in [7, 11) is 0. The summed E-state index contributed by atoms with van der Waals surface area (Å²) in [5.41, 5.74) is 3.53. The Morgan fingerprint density at radius 2 is 2.00 bits per heavy atom. The predicted octanol–water partition coefficient (Wildman–Crippen LogP) is 3.67. The van der Waals surface area contributed by atoms with Crippen LogP contribution in [0.1, 0.15) is 20.9 Å². The van der Waals surface area contributed by atoms with Crippen LogP contribution in [0.25, 0.3) is 15.9 Å². The van der Waals surface area contributed by atoms with E-state index in [1.807, 2.05) is 37.3 Å². The lowest BCUT2D eigenvalue weighted by molar-refractivity contribution is -0.116.